The molecular weight excluding hydrogens is 494 g/mol. The molecule has 0 unspecified atom stereocenters. The van der Waals surface area contributed by atoms with E-state index in [1.54, 1.807) is 6.92 Å². The van der Waals surface area contributed by atoms with Gasteiger partial charge in [-0.1, -0.05) is 23.2 Å². The highest BCUT2D eigenvalue weighted by atomic mass is 35.5. The number of carbonyl (C=O) groups excluding carboxylic acids is 1. The number of rotatable bonds is 4. The van der Waals surface area contributed by atoms with E-state index in [0.717, 1.165) is 24.4 Å². The number of hydrogen-bond donors (Lipinski definition) is 2. The zero-order valence-electron chi connectivity index (χ0n) is 16.6. The van der Waals surface area contributed by atoms with Crippen molar-refractivity contribution in [3.05, 3.63) is 51.8 Å². The van der Waals surface area contributed by atoms with Crippen LogP contribution in [0.25, 0.3) is 0 Å². The molecule has 1 saturated heterocycles. The topological polar surface area (TPSA) is 99.6 Å². The van der Waals surface area contributed by atoms with Crippen molar-refractivity contribution in [3.8, 4) is 0 Å². The fourth-order valence-electron chi connectivity index (χ4n) is 3.12. The highest BCUT2D eigenvalue weighted by molar-refractivity contribution is 7.92. The van der Waals surface area contributed by atoms with E-state index < -0.39 is 43.2 Å². The number of aliphatic hydroxyl groups is 1. The van der Waals surface area contributed by atoms with Crippen LogP contribution in [0.4, 0.5) is 18.9 Å². The quantitative estimate of drug-likeness (QED) is 0.640. The molecule has 13 heteroatoms. The second kappa shape index (κ2) is 8.69. The smallest absolute Gasteiger partial charge is 0.390 e. The number of halogens is 5. The average Bonchev–Trinajstić information content (AvgIpc) is 2.66. The Morgan fingerprint density at radius 1 is 1.22 bits per heavy atom. The van der Waals surface area contributed by atoms with Gasteiger partial charge in [-0.25, -0.2) is 13.4 Å². The number of sulfonamides is 1. The van der Waals surface area contributed by atoms with Crippen molar-refractivity contribution in [2.45, 2.75) is 36.4 Å². The van der Waals surface area contributed by atoms with Crippen LogP contribution in [0.2, 0.25) is 10.0 Å². The highest BCUT2D eigenvalue weighted by Crippen LogP contribution is 2.36. The van der Waals surface area contributed by atoms with Crippen LogP contribution in [-0.2, 0) is 16.2 Å². The predicted octanol–water partition coefficient (Wildman–Crippen LogP) is 4.20. The molecule has 7 nitrogen and oxygen atoms in total. The van der Waals surface area contributed by atoms with E-state index in [1.807, 2.05) is 0 Å². The first-order valence-electron chi connectivity index (χ1n) is 9.26. The summed E-state index contributed by atoms with van der Waals surface area (Å²) in [4.78, 5) is 17.5. The molecule has 0 saturated carbocycles. The van der Waals surface area contributed by atoms with Gasteiger partial charge in [-0.2, -0.15) is 13.2 Å². The molecule has 0 bridgehead atoms. The molecule has 1 fully saturated rings. The van der Waals surface area contributed by atoms with Crippen molar-refractivity contribution in [2.24, 2.45) is 0 Å². The summed E-state index contributed by atoms with van der Waals surface area (Å²) in [6, 6.07) is 3.27. The second-order valence-electron chi connectivity index (χ2n) is 7.58. The van der Waals surface area contributed by atoms with Crippen LogP contribution in [0.5, 0.6) is 0 Å². The number of pyridine rings is 1. The maximum absolute atomic E-state index is 13.1. The standard InChI is InChI=1S/C19H18Cl2F3N3O4S/c1-18(29)4-6-27(7-5-18)17(28)16-15(8-11(20)10-25-16)26-32(30,31)12-2-3-14(21)13(9-12)19(22,23)24/h2-3,8-10,26,29H,4-7H2,1H3. The van der Waals surface area contributed by atoms with Crippen molar-refractivity contribution in [1.29, 1.82) is 0 Å². The highest BCUT2D eigenvalue weighted by Gasteiger charge is 2.35. The Balaban J connectivity index is 1.94. The van der Waals surface area contributed by atoms with Crippen LogP contribution >= 0.6 is 23.2 Å². The zero-order valence-corrected chi connectivity index (χ0v) is 18.9. The first kappa shape index (κ1) is 24.6. The minimum absolute atomic E-state index is 0.00733. The fraction of sp³-hybridized carbons (Fsp3) is 0.368. The molecule has 3 rings (SSSR count). The van der Waals surface area contributed by atoms with Gasteiger partial charge >= 0.3 is 6.18 Å². The summed E-state index contributed by atoms with van der Waals surface area (Å²) in [6.45, 7) is 2.08. The van der Waals surface area contributed by atoms with Gasteiger partial charge in [-0.3, -0.25) is 9.52 Å². The van der Waals surface area contributed by atoms with E-state index in [0.29, 0.717) is 18.9 Å². The van der Waals surface area contributed by atoms with Gasteiger partial charge in [0.2, 0.25) is 0 Å². The molecule has 1 amide bonds. The second-order valence-corrected chi connectivity index (χ2v) is 10.1. The Kier molecular flexibility index (Phi) is 6.67. The molecule has 2 N–H and O–H groups in total. The largest absolute Gasteiger partial charge is 0.417 e. The Morgan fingerprint density at radius 2 is 1.84 bits per heavy atom. The summed E-state index contributed by atoms with van der Waals surface area (Å²) in [6.07, 6.45) is -3.08. The van der Waals surface area contributed by atoms with Crippen LogP contribution in [-0.4, -0.2) is 48.0 Å². The average molecular weight is 512 g/mol. The monoisotopic (exact) mass is 511 g/mol. The number of likely N-dealkylation sites (tertiary alicyclic amines) is 1. The first-order valence-corrected chi connectivity index (χ1v) is 11.5. The summed E-state index contributed by atoms with van der Waals surface area (Å²) >= 11 is 11.5. The third kappa shape index (κ3) is 5.45. The Bertz CT molecular complexity index is 1150. The zero-order chi connectivity index (χ0) is 23.9. The number of piperidine rings is 1. The lowest BCUT2D eigenvalue weighted by atomic mass is 9.93. The molecule has 1 aliphatic heterocycles. The van der Waals surface area contributed by atoms with Crippen LogP contribution in [0.1, 0.15) is 35.8 Å². The van der Waals surface area contributed by atoms with Crippen molar-refractivity contribution >= 4 is 44.8 Å². The normalized spacial score (nSPS) is 16.7. The van der Waals surface area contributed by atoms with Crippen LogP contribution < -0.4 is 4.72 Å². The van der Waals surface area contributed by atoms with E-state index in [1.165, 1.54) is 4.90 Å². The number of carbonyl (C=O) groups is 1. The van der Waals surface area contributed by atoms with Gasteiger partial charge in [0.15, 0.2) is 5.69 Å². The number of hydrogen-bond acceptors (Lipinski definition) is 5. The minimum Gasteiger partial charge on any atom is -0.390 e. The van der Waals surface area contributed by atoms with Crippen molar-refractivity contribution in [1.82, 2.24) is 9.88 Å². The molecule has 0 aliphatic carbocycles. The van der Waals surface area contributed by atoms with Gasteiger partial charge < -0.3 is 10.0 Å². The molecule has 174 valence electrons. The van der Waals surface area contributed by atoms with E-state index >= 15 is 0 Å². The van der Waals surface area contributed by atoms with Gasteiger partial charge in [0.1, 0.15) is 0 Å². The summed E-state index contributed by atoms with van der Waals surface area (Å²) in [5, 5.41) is 9.41. The number of benzene rings is 1. The van der Waals surface area contributed by atoms with Crippen LogP contribution in [0, 0.1) is 0 Å². The van der Waals surface area contributed by atoms with E-state index in [-0.39, 0.29) is 29.5 Å². The lowest BCUT2D eigenvalue weighted by Gasteiger charge is -2.35. The predicted molar refractivity (Wildman–Crippen MR) is 112 cm³/mol. The number of nitrogens with one attached hydrogen (secondary N) is 1. The summed E-state index contributed by atoms with van der Waals surface area (Å²) in [5.41, 5.74) is -2.80. The fourth-order valence-corrected chi connectivity index (χ4v) is 4.59. The van der Waals surface area contributed by atoms with Crippen LogP contribution in [0.3, 0.4) is 0 Å². The van der Waals surface area contributed by atoms with Gasteiger partial charge in [0.25, 0.3) is 15.9 Å². The molecule has 0 spiro atoms. The van der Waals surface area contributed by atoms with E-state index in [4.69, 9.17) is 23.2 Å². The summed E-state index contributed by atoms with van der Waals surface area (Å²) in [7, 11) is -4.55. The van der Waals surface area contributed by atoms with E-state index in [2.05, 4.69) is 9.71 Å². The molecule has 1 aliphatic rings. The Hall–Kier alpha value is -2.08. The van der Waals surface area contributed by atoms with E-state index in [9.17, 15) is 31.5 Å². The van der Waals surface area contributed by atoms with Gasteiger partial charge in [-0.05, 0) is 44.0 Å². The van der Waals surface area contributed by atoms with Crippen molar-refractivity contribution < 1.29 is 31.5 Å². The van der Waals surface area contributed by atoms with Gasteiger partial charge in [-0.15, -0.1) is 0 Å². The molecule has 2 heterocycles. The molecule has 0 radical (unpaired) electrons. The summed E-state index contributed by atoms with van der Waals surface area (Å²) < 4.78 is 67.1. The number of anilines is 1. The molecule has 2 aromatic rings. The van der Waals surface area contributed by atoms with Crippen LogP contribution in [0.15, 0.2) is 35.4 Å². The Morgan fingerprint density at radius 3 is 2.44 bits per heavy atom. The maximum Gasteiger partial charge on any atom is 0.417 e. The molecule has 1 aromatic heterocycles. The Labute approximate surface area is 192 Å². The summed E-state index contributed by atoms with van der Waals surface area (Å²) in [5.74, 6) is -0.609. The number of aromatic nitrogens is 1. The SMILES string of the molecule is CC1(O)CCN(C(=O)c2ncc(Cl)cc2NS(=O)(=O)c2ccc(Cl)c(C(F)(F)F)c2)CC1. The molecular formula is C19H18Cl2F3N3O4S. The molecule has 0 atom stereocenters. The molecule has 32 heavy (non-hydrogen) atoms. The number of nitrogens with zero attached hydrogens (tertiary/aromatic N) is 2. The maximum atomic E-state index is 13.1. The third-order valence-corrected chi connectivity index (χ3v) is 6.88. The third-order valence-electron chi connectivity index (χ3n) is 4.98. The lowest BCUT2D eigenvalue weighted by Crippen LogP contribution is -2.45. The first-order chi connectivity index (χ1) is 14.7. The van der Waals surface area contributed by atoms with Gasteiger partial charge in [0.05, 0.1) is 31.8 Å². The van der Waals surface area contributed by atoms with Crippen molar-refractivity contribution in [2.75, 3.05) is 17.8 Å². The minimum atomic E-state index is -4.86. The van der Waals surface area contributed by atoms with Gasteiger partial charge in [0, 0.05) is 19.3 Å². The van der Waals surface area contributed by atoms with Crippen molar-refractivity contribution in [3.63, 3.8) is 0 Å². The lowest BCUT2D eigenvalue weighted by molar-refractivity contribution is -0.137. The number of amides is 1. The molecule has 1 aromatic carbocycles. The number of alkyl halides is 3.